The van der Waals surface area contributed by atoms with E-state index in [-0.39, 0.29) is 0 Å². The molecule has 1 heterocycles. The predicted molar refractivity (Wildman–Crippen MR) is 90.1 cm³/mol. The van der Waals surface area contributed by atoms with Crippen molar-refractivity contribution in [2.75, 3.05) is 26.3 Å². The fraction of sp³-hybridized carbons (Fsp3) is 0.684. The molecule has 1 aliphatic carbocycles. The van der Waals surface area contributed by atoms with Gasteiger partial charge in [-0.05, 0) is 37.1 Å². The molecule has 1 saturated heterocycles. The van der Waals surface area contributed by atoms with Crippen molar-refractivity contribution in [3.05, 3.63) is 35.4 Å². The smallest absolute Gasteiger partial charge is 0.168 e. The van der Waals surface area contributed by atoms with Crippen LogP contribution in [0.4, 0.5) is 0 Å². The van der Waals surface area contributed by atoms with E-state index in [0.717, 1.165) is 38.0 Å². The fourth-order valence-electron chi connectivity index (χ4n) is 3.78. The van der Waals surface area contributed by atoms with Gasteiger partial charge in [-0.15, -0.1) is 0 Å². The number of aliphatic hydroxyl groups is 1. The highest BCUT2D eigenvalue weighted by Gasteiger charge is 2.46. The number of benzene rings is 1. The van der Waals surface area contributed by atoms with Crippen LogP contribution in [0.5, 0.6) is 0 Å². The average Bonchev–Trinajstić information content (AvgIpc) is 3.05. The Balaban J connectivity index is 1.71. The van der Waals surface area contributed by atoms with Crippen LogP contribution in [0.1, 0.15) is 50.7 Å². The summed E-state index contributed by atoms with van der Waals surface area (Å²) in [7, 11) is 0. The Morgan fingerprint density at radius 2 is 1.70 bits per heavy atom. The van der Waals surface area contributed by atoms with E-state index in [9.17, 15) is 5.11 Å². The predicted octanol–water partition coefficient (Wildman–Crippen LogP) is 3.03. The maximum Gasteiger partial charge on any atom is 0.168 e. The Morgan fingerprint density at radius 1 is 1.04 bits per heavy atom. The first-order valence-corrected chi connectivity index (χ1v) is 8.91. The molecule has 2 aliphatic rings. The van der Waals surface area contributed by atoms with Crippen LogP contribution in [0.2, 0.25) is 0 Å². The first-order chi connectivity index (χ1) is 11.1. The third-order valence-electron chi connectivity index (χ3n) is 5.42. The van der Waals surface area contributed by atoms with Gasteiger partial charge in [-0.25, -0.2) is 0 Å². The van der Waals surface area contributed by atoms with Gasteiger partial charge in [0.25, 0.3) is 0 Å². The molecule has 0 radical (unpaired) electrons. The number of hydrogen-bond acceptors (Lipinski definition) is 4. The van der Waals surface area contributed by atoms with Crippen molar-refractivity contribution in [1.29, 1.82) is 0 Å². The van der Waals surface area contributed by atoms with Crippen LogP contribution in [0, 0.1) is 0 Å². The minimum absolute atomic E-state index is 0.426. The van der Waals surface area contributed by atoms with Gasteiger partial charge in [0.15, 0.2) is 5.79 Å². The maximum absolute atomic E-state index is 11.1. The largest absolute Gasteiger partial charge is 0.385 e. The molecule has 0 bridgehead atoms. The average molecular weight is 319 g/mol. The lowest BCUT2D eigenvalue weighted by molar-refractivity contribution is -0.204. The summed E-state index contributed by atoms with van der Waals surface area (Å²) in [6.45, 7) is 8.75. The minimum Gasteiger partial charge on any atom is -0.385 e. The normalized spacial score (nSPS) is 22.8. The molecule has 0 amide bonds. The lowest BCUT2D eigenvalue weighted by Crippen LogP contribution is -2.42. The Bertz CT molecular complexity index is 511. The summed E-state index contributed by atoms with van der Waals surface area (Å²) >= 11 is 0. The summed E-state index contributed by atoms with van der Waals surface area (Å²) < 4.78 is 11.6. The van der Waals surface area contributed by atoms with Crippen LogP contribution < -0.4 is 0 Å². The molecule has 0 unspecified atom stereocenters. The van der Waals surface area contributed by atoms with E-state index in [0.29, 0.717) is 26.1 Å². The molecule has 1 saturated carbocycles. The van der Waals surface area contributed by atoms with Crippen LogP contribution in [0.25, 0.3) is 0 Å². The van der Waals surface area contributed by atoms with Gasteiger partial charge in [-0.2, -0.15) is 0 Å². The summed E-state index contributed by atoms with van der Waals surface area (Å²) in [5.41, 5.74) is 1.56. The Hall–Kier alpha value is -0.940. The minimum atomic E-state index is -0.750. The molecule has 2 fully saturated rings. The van der Waals surface area contributed by atoms with Crippen LogP contribution in [-0.4, -0.2) is 42.1 Å². The lowest BCUT2D eigenvalue weighted by Gasteiger charge is -2.41. The van der Waals surface area contributed by atoms with Crippen molar-refractivity contribution in [3.63, 3.8) is 0 Å². The van der Waals surface area contributed by atoms with Gasteiger partial charge in [0.05, 0.1) is 18.8 Å². The second kappa shape index (κ2) is 6.89. The third-order valence-corrected chi connectivity index (χ3v) is 5.42. The molecule has 3 rings (SSSR count). The van der Waals surface area contributed by atoms with Crippen LogP contribution >= 0.6 is 0 Å². The van der Waals surface area contributed by atoms with E-state index < -0.39 is 11.4 Å². The monoisotopic (exact) mass is 319 g/mol. The summed E-state index contributed by atoms with van der Waals surface area (Å²) in [6, 6.07) is 8.45. The van der Waals surface area contributed by atoms with Gasteiger partial charge in [0.1, 0.15) is 0 Å². The zero-order valence-electron chi connectivity index (χ0n) is 14.4. The molecule has 1 N–H and O–H groups in total. The molecular weight excluding hydrogens is 290 g/mol. The zero-order valence-corrected chi connectivity index (χ0v) is 14.4. The van der Waals surface area contributed by atoms with E-state index in [2.05, 4.69) is 43.0 Å². The molecule has 4 nitrogen and oxygen atoms in total. The van der Waals surface area contributed by atoms with E-state index in [1.54, 1.807) is 0 Å². The zero-order chi connectivity index (χ0) is 16.3. The van der Waals surface area contributed by atoms with Gasteiger partial charge in [0, 0.05) is 19.4 Å². The van der Waals surface area contributed by atoms with Crippen molar-refractivity contribution < 1.29 is 14.6 Å². The highest BCUT2D eigenvalue weighted by atomic mass is 16.7. The highest BCUT2D eigenvalue weighted by Crippen LogP contribution is 2.44. The van der Waals surface area contributed by atoms with Crippen LogP contribution in [-0.2, 0) is 21.6 Å². The van der Waals surface area contributed by atoms with Crippen LogP contribution in [0.3, 0.4) is 0 Å². The second-order valence-corrected chi connectivity index (χ2v) is 6.80. The van der Waals surface area contributed by atoms with E-state index in [4.69, 9.17) is 9.47 Å². The Morgan fingerprint density at radius 3 is 2.30 bits per heavy atom. The second-order valence-electron chi connectivity index (χ2n) is 6.80. The molecule has 1 aliphatic heterocycles. The van der Waals surface area contributed by atoms with Crippen molar-refractivity contribution in [2.24, 2.45) is 0 Å². The summed E-state index contributed by atoms with van der Waals surface area (Å²) in [5.74, 6) is -0.426. The first-order valence-electron chi connectivity index (χ1n) is 8.91. The molecule has 23 heavy (non-hydrogen) atoms. The van der Waals surface area contributed by atoms with E-state index in [1.807, 2.05) is 0 Å². The molecule has 128 valence electrons. The fourth-order valence-corrected chi connectivity index (χ4v) is 3.78. The summed E-state index contributed by atoms with van der Waals surface area (Å²) in [4.78, 5) is 2.39. The number of rotatable bonds is 5. The molecule has 4 heteroatoms. The standard InChI is InChI=1S/C19H29NO3/c1-3-20(4-2)15-16-6-5-7-17(14-16)18(21)8-10-19(11-9-18)22-12-13-23-19/h5-7,14,21H,3-4,8-13,15H2,1-2H3. The quantitative estimate of drug-likeness (QED) is 0.906. The van der Waals surface area contributed by atoms with Crippen LogP contribution in [0.15, 0.2) is 24.3 Å². The van der Waals surface area contributed by atoms with Gasteiger partial charge in [0.2, 0.25) is 0 Å². The van der Waals surface area contributed by atoms with Gasteiger partial charge < -0.3 is 14.6 Å². The summed E-state index contributed by atoms with van der Waals surface area (Å²) in [6.07, 6.45) is 2.93. The lowest BCUT2D eigenvalue weighted by atomic mass is 9.77. The van der Waals surface area contributed by atoms with E-state index in [1.165, 1.54) is 5.56 Å². The maximum atomic E-state index is 11.1. The van der Waals surface area contributed by atoms with Crippen molar-refractivity contribution in [2.45, 2.75) is 57.5 Å². The van der Waals surface area contributed by atoms with Gasteiger partial charge in [-0.1, -0.05) is 38.1 Å². The molecule has 1 spiro atoms. The Kier molecular flexibility index (Phi) is 5.07. The molecule has 1 aromatic carbocycles. The molecule has 0 atom stereocenters. The Labute approximate surface area is 139 Å². The van der Waals surface area contributed by atoms with Gasteiger partial charge >= 0.3 is 0 Å². The number of ether oxygens (including phenoxy) is 2. The van der Waals surface area contributed by atoms with Crippen molar-refractivity contribution in [1.82, 2.24) is 4.90 Å². The third kappa shape index (κ3) is 3.61. The molecular formula is C19H29NO3. The van der Waals surface area contributed by atoms with E-state index >= 15 is 0 Å². The topological polar surface area (TPSA) is 41.9 Å². The van der Waals surface area contributed by atoms with Crippen molar-refractivity contribution in [3.8, 4) is 0 Å². The number of hydrogen-bond donors (Lipinski definition) is 1. The first kappa shape index (κ1) is 16.9. The SMILES string of the molecule is CCN(CC)Cc1cccc(C2(O)CCC3(CC2)OCCO3)c1. The molecule has 0 aromatic heterocycles. The highest BCUT2D eigenvalue weighted by molar-refractivity contribution is 5.29. The molecule has 1 aromatic rings. The summed E-state index contributed by atoms with van der Waals surface area (Å²) in [5, 5.41) is 11.1. The number of nitrogens with zero attached hydrogens (tertiary/aromatic N) is 1. The van der Waals surface area contributed by atoms with Crippen molar-refractivity contribution >= 4 is 0 Å². The van der Waals surface area contributed by atoms with Gasteiger partial charge in [-0.3, -0.25) is 4.90 Å².